The Morgan fingerprint density at radius 1 is 1.27 bits per heavy atom. The summed E-state index contributed by atoms with van der Waals surface area (Å²) in [5.74, 6) is 3.30. The third-order valence-electron chi connectivity index (χ3n) is 2.53. The molecule has 0 rings (SSSR count). The summed E-state index contributed by atoms with van der Waals surface area (Å²) in [7, 11) is 0. The number of hydrogen-bond acceptors (Lipinski definition) is 3. The van der Waals surface area contributed by atoms with Crippen LogP contribution in [0.25, 0.3) is 0 Å². The van der Waals surface area contributed by atoms with Gasteiger partial charge in [0, 0.05) is 6.54 Å². The van der Waals surface area contributed by atoms with Crippen molar-refractivity contribution >= 4 is 11.8 Å². The van der Waals surface area contributed by atoms with Gasteiger partial charge in [0.2, 0.25) is 0 Å². The van der Waals surface area contributed by atoms with Gasteiger partial charge in [-0.15, -0.1) is 0 Å². The molecule has 0 saturated carbocycles. The molecule has 1 atom stereocenters. The maximum Gasteiger partial charge on any atom is 0.0741 e. The number of nitrogens with two attached hydrogens (primary N) is 1. The first-order valence-electron chi connectivity index (χ1n) is 5.98. The Morgan fingerprint density at radius 2 is 1.93 bits per heavy atom. The Morgan fingerprint density at radius 3 is 2.47 bits per heavy atom. The second kappa shape index (κ2) is 8.43. The van der Waals surface area contributed by atoms with Crippen molar-refractivity contribution in [2.45, 2.75) is 52.1 Å². The Labute approximate surface area is 99.0 Å². The second-order valence-corrected chi connectivity index (χ2v) is 6.18. The van der Waals surface area contributed by atoms with Gasteiger partial charge in [-0.1, -0.05) is 13.8 Å². The maximum absolute atomic E-state index is 9.67. The van der Waals surface area contributed by atoms with Crippen LogP contribution in [0.5, 0.6) is 0 Å². The third kappa shape index (κ3) is 10.6. The first-order chi connectivity index (χ1) is 6.98. The summed E-state index contributed by atoms with van der Waals surface area (Å²) >= 11 is 2.03. The summed E-state index contributed by atoms with van der Waals surface area (Å²) in [5, 5.41) is 9.67. The zero-order valence-corrected chi connectivity index (χ0v) is 11.3. The van der Waals surface area contributed by atoms with E-state index in [-0.39, 0.29) is 0 Å². The normalized spacial score (nSPS) is 15.6. The number of aliphatic hydroxyl groups is 1. The molecule has 0 aromatic rings. The summed E-state index contributed by atoms with van der Waals surface area (Å²) in [4.78, 5) is 0. The van der Waals surface area contributed by atoms with Crippen molar-refractivity contribution in [3.05, 3.63) is 0 Å². The molecule has 92 valence electrons. The van der Waals surface area contributed by atoms with E-state index >= 15 is 0 Å². The van der Waals surface area contributed by atoms with E-state index in [1.165, 1.54) is 24.3 Å². The highest BCUT2D eigenvalue weighted by molar-refractivity contribution is 7.99. The minimum absolute atomic E-state index is 0.369. The van der Waals surface area contributed by atoms with Crippen molar-refractivity contribution in [2.75, 3.05) is 18.1 Å². The van der Waals surface area contributed by atoms with Crippen LogP contribution in [0, 0.1) is 5.92 Å². The molecule has 0 aromatic carbocycles. The molecule has 0 spiro atoms. The van der Waals surface area contributed by atoms with Crippen LogP contribution in [0.3, 0.4) is 0 Å². The summed E-state index contributed by atoms with van der Waals surface area (Å²) in [6, 6.07) is 0. The summed E-state index contributed by atoms with van der Waals surface area (Å²) < 4.78 is 0. The smallest absolute Gasteiger partial charge is 0.0741 e. The van der Waals surface area contributed by atoms with E-state index in [2.05, 4.69) is 13.8 Å². The van der Waals surface area contributed by atoms with Crippen LogP contribution in [0.15, 0.2) is 0 Å². The van der Waals surface area contributed by atoms with Crippen molar-refractivity contribution in [1.82, 2.24) is 0 Å². The minimum Gasteiger partial charge on any atom is -0.389 e. The Kier molecular flexibility index (Phi) is 8.58. The van der Waals surface area contributed by atoms with E-state index in [0.29, 0.717) is 6.54 Å². The third-order valence-corrected chi connectivity index (χ3v) is 3.64. The van der Waals surface area contributed by atoms with Gasteiger partial charge >= 0.3 is 0 Å². The zero-order chi connectivity index (χ0) is 11.7. The Balaban J connectivity index is 3.18. The highest BCUT2D eigenvalue weighted by Crippen LogP contribution is 2.15. The van der Waals surface area contributed by atoms with Gasteiger partial charge in [0.05, 0.1) is 5.60 Å². The van der Waals surface area contributed by atoms with Crippen LogP contribution < -0.4 is 5.73 Å². The number of rotatable bonds is 9. The van der Waals surface area contributed by atoms with Crippen molar-refractivity contribution in [2.24, 2.45) is 11.7 Å². The van der Waals surface area contributed by atoms with E-state index < -0.39 is 5.60 Å². The van der Waals surface area contributed by atoms with E-state index in [9.17, 15) is 5.11 Å². The lowest BCUT2D eigenvalue weighted by Gasteiger charge is -2.20. The number of unbranched alkanes of at least 4 members (excludes halogenated alkanes) is 1. The predicted octanol–water partition coefficient (Wildman–Crippen LogP) is 2.65. The van der Waals surface area contributed by atoms with Crippen LogP contribution in [-0.4, -0.2) is 28.8 Å². The van der Waals surface area contributed by atoms with Crippen LogP contribution in [0.2, 0.25) is 0 Å². The molecule has 0 aliphatic rings. The van der Waals surface area contributed by atoms with Gasteiger partial charge in [-0.05, 0) is 50.0 Å². The van der Waals surface area contributed by atoms with Crippen LogP contribution in [-0.2, 0) is 0 Å². The Bertz CT molecular complexity index is 149. The molecule has 0 amide bonds. The predicted molar refractivity (Wildman–Crippen MR) is 70.3 cm³/mol. The van der Waals surface area contributed by atoms with Gasteiger partial charge in [-0.2, -0.15) is 11.8 Å². The van der Waals surface area contributed by atoms with E-state index in [1.807, 2.05) is 18.7 Å². The monoisotopic (exact) mass is 233 g/mol. The fourth-order valence-corrected chi connectivity index (χ4v) is 2.48. The molecule has 0 aliphatic carbocycles. The van der Waals surface area contributed by atoms with Crippen molar-refractivity contribution < 1.29 is 5.11 Å². The van der Waals surface area contributed by atoms with Gasteiger partial charge in [0.25, 0.3) is 0 Å². The standard InChI is InChI=1S/C12H27NOS/c1-11(2)6-9-15-8-5-4-7-12(3,14)10-13/h11,14H,4-10,13H2,1-3H3. The maximum atomic E-state index is 9.67. The topological polar surface area (TPSA) is 46.2 Å². The SMILES string of the molecule is CC(C)CCSCCCCC(C)(O)CN. The summed E-state index contributed by atoms with van der Waals surface area (Å²) in [6.07, 6.45) is 4.41. The molecule has 2 nitrogen and oxygen atoms in total. The van der Waals surface area contributed by atoms with Gasteiger partial charge in [-0.3, -0.25) is 0 Å². The molecular weight excluding hydrogens is 206 g/mol. The fourth-order valence-electron chi connectivity index (χ4n) is 1.23. The van der Waals surface area contributed by atoms with Gasteiger partial charge in [0.1, 0.15) is 0 Å². The molecule has 0 bridgehead atoms. The molecule has 0 radical (unpaired) electrons. The molecule has 3 heteroatoms. The molecule has 0 heterocycles. The lowest BCUT2D eigenvalue weighted by atomic mass is 10.00. The van der Waals surface area contributed by atoms with Crippen LogP contribution in [0.1, 0.15) is 46.5 Å². The van der Waals surface area contributed by atoms with Crippen molar-refractivity contribution in [3.63, 3.8) is 0 Å². The first kappa shape index (κ1) is 15.3. The molecule has 3 N–H and O–H groups in total. The minimum atomic E-state index is -0.650. The second-order valence-electron chi connectivity index (χ2n) is 4.95. The largest absolute Gasteiger partial charge is 0.389 e. The van der Waals surface area contributed by atoms with Gasteiger partial charge < -0.3 is 10.8 Å². The van der Waals surface area contributed by atoms with Gasteiger partial charge in [-0.25, -0.2) is 0 Å². The van der Waals surface area contributed by atoms with E-state index in [4.69, 9.17) is 5.73 Å². The molecule has 0 aliphatic heterocycles. The van der Waals surface area contributed by atoms with Crippen molar-refractivity contribution in [1.29, 1.82) is 0 Å². The molecule has 0 fully saturated rings. The number of thioether (sulfide) groups is 1. The van der Waals surface area contributed by atoms with Crippen LogP contribution >= 0.6 is 11.8 Å². The molecule has 0 aromatic heterocycles. The molecule has 15 heavy (non-hydrogen) atoms. The van der Waals surface area contributed by atoms with Crippen LogP contribution in [0.4, 0.5) is 0 Å². The first-order valence-corrected chi connectivity index (χ1v) is 7.13. The average Bonchev–Trinajstić information content (AvgIpc) is 2.16. The number of hydrogen-bond donors (Lipinski definition) is 2. The molecular formula is C12H27NOS. The van der Waals surface area contributed by atoms with Crippen molar-refractivity contribution in [3.8, 4) is 0 Å². The molecule has 0 saturated heterocycles. The lowest BCUT2D eigenvalue weighted by Crippen LogP contribution is -2.33. The molecule has 1 unspecified atom stereocenters. The highest BCUT2D eigenvalue weighted by atomic mass is 32.2. The Hall–Kier alpha value is 0.270. The average molecular weight is 233 g/mol. The summed E-state index contributed by atoms with van der Waals surface area (Å²) in [6.45, 7) is 6.71. The summed E-state index contributed by atoms with van der Waals surface area (Å²) in [5.41, 5.74) is 4.80. The highest BCUT2D eigenvalue weighted by Gasteiger charge is 2.16. The zero-order valence-electron chi connectivity index (χ0n) is 10.5. The van der Waals surface area contributed by atoms with E-state index in [1.54, 1.807) is 0 Å². The van der Waals surface area contributed by atoms with Gasteiger partial charge in [0.15, 0.2) is 0 Å². The quantitative estimate of drug-likeness (QED) is 0.602. The lowest BCUT2D eigenvalue weighted by molar-refractivity contribution is 0.0577. The fraction of sp³-hybridized carbons (Fsp3) is 1.00. The van der Waals surface area contributed by atoms with E-state index in [0.717, 1.165) is 18.8 Å².